The number of nitrogen functional groups attached to an aromatic ring is 1. The van der Waals surface area contributed by atoms with Crippen LogP contribution >= 0.6 is 0 Å². The van der Waals surface area contributed by atoms with Crippen molar-refractivity contribution in [1.82, 2.24) is 14.0 Å². The maximum Gasteiger partial charge on any atom is 0.332 e. The van der Waals surface area contributed by atoms with Crippen LogP contribution in [0.2, 0.25) is 0 Å². The van der Waals surface area contributed by atoms with Crippen molar-refractivity contribution < 1.29 is 4.79 Å². The zero-order chi connectivity index (χ0) is 25.7. The SMILES string of the molecule is CCn1c(=O)c(C(=O)CN2CCCN(c3ccccc3C#N)CC2)c(N)n(Cc2ccccc2)c1=O. The van der Waals surface area contributed by atoms with Crippen LogP contribution in [-0.2, 0) is 13.1 Å². The van der Waals surface area contributed by atoms with Crippen molar-refractivity contribution in [3.8, 4) is 6.07 Å². The van der Waals surface area contributed by atoms with Crippen molar-refractivity contribution in [2.75, 3.05) is 43.4 Å². The van der Waals surface area contributed by atoms with Gasteiger partial charge in [0.25, 0.3) is 5.56 Å². The molecule has 0 saturated carbocycles. The largest absolute Gasteiger partial charge is 0.384 e. The average Bonchev–Trinajstić information content (AvgIpc) is 3.13. The van der Waals surface area contributed by atoms with E-state index in [2.05, 4.69) is 11.0 Å². The van der Waals surface area contributed by atoms with Gasteiger partial charge in [0.2, 0.25) is 0 Å². The first-order chi connectivity index (χ1) is 17.4. The van der Waals surface area contributed by atoms with Crippen molar-refractivity contribution >= 4 is 17.3 Å². The third-order valence-corrected chi connectivity index (χ3v) is 6.57. The topological polar surface area (TPSA) is 117 Å². The first-order valence-electron chi connectivity index (χ1n) is 12.1. The second kappa shape index (κ2) is 11.1. The van der Waals surface area contributed by atoms with Gasteiger partial charge in [-0.05, 0) is 31.0 Å². The maximum atomic E-state index is 13.4. The molecule has 0 unspecified atom stereocenters. The van der Waals surface area contributed by atoms with Crippen LogP contribution in [-0.4, -0.2) is 52.5 Å². The Bertz CT molecular complexity index is 1400. The van der Waals surface area contributed by atoms with Gasteiger partial charge in [-0.25, -0.2) is 4.79 Å². The van der Waals surface area contributed by atoms with E-state index in [0.717, 1.165) is 28.8 Å². The summed E-state index contributed by atoms with van der Waals surface area (Å²) in [4.78, 5) is 43.6. The number of nitriles is 1. The van der Waals surface area contributed by atoms with Gasteiger partial charge in [0.1, 0.15) is 17.5 Å². The summed E-state index contributed by atoms with van der Waals surface area (Å²) in [7, 11) is 0. The molecule has 2 N–H and O–H groups in total. The van der Waals surface area contributed by atoms with E-state index in [0.29, 0.717) is 25.2 Å². The molecule has 0 bridgehead atoms. The minimum Gasteiger partial charge on any atom is -0.384 e. The number of carbonyl (C=O) groups is 1. The molecule has 1 fully saturated rings. The molecule has 9 heteroatoms. The fourth-order valence-corrected chi connectivity index (χ4v) is 4.67. The predicted molar refractivity (Wildman–Crippen MR) is 139 cm³/mol. The third-order valence-electron chi connectivity index (χ3n) is 6.57. The molecule has 0 spiro atoms. The molecule has 1 saturated heterocycles. The fraction of sp³-hybridized carbons (Fsp3) is 0.333. The van der Waals surface area contributed by atoms with Gasteiger partial charge in [0, 0.05) is 32.7 Å². The lowest BCUT2D eigenvalue weighted by atomic mass is 10.1. The minimum absolute atomic E-state index is 0.0282. The Labute approximate surface area is 209 Å². The maximum absolute atomic E-state index is 13.4. The van der Waals surface area contributed by atoms with Crippen molar-refractivity contribution in [2.45, 2.75) is 26.4 Å². The van der Waals surface area contributed by atoms with E-state index >= 15 is 0 Å². The second-order valence-electron chi connectivity index (χ2n) is 8.83. The monoisotopic (exact) mass is 486 g/mol. The third kappa shape index (κ3) is 5.09. The molecular formula is C27H30N6O3. The van der Waals surface area contributed by atoms with Crippen LogP contribution < -0.4 is 21.9 Å². The normalized spacial score (nSPS) is 14.3. The van der Waals surface area contributed by atoms with Crippen LogP contribution in [0.3, 0.4) is 0 Å². The van der Waals surface area contributed by atoms with Gasteiger partial charge >= 0.3 is 5.69 Å². The van der Waals surface area contributed by atoms with Gasteiger partial charge in [0.05, 0.1) is 24.3 Å². The molecular weight excluding hydrogens is 456 g/mol. The summed E-state index contributed by atoms with van der Waals surface area (Å²) >= 11 is 0. The van der Waals surface area contributed by atoms with E-state index in [9.17, 15) is 19.6 Å². The number of ketones is 1. The Kier molecular flexibility index (Phi) is 7.66. The summed E-state index contributed by atoms with van der Waals surface area (Å²) in [6.45, 7) is 4.71. The number of nitrogens with zero attached hydrogens (tertiary/aromatic N) is 5. The van der Waals surface area contributed by atoms with Gasteiger partial charge in [-0.2, -0.15) is 5.26 Å². The number of hydrogen-bond acceptors (Lipinski definition) is 7. The summed E-state index contributed by atoms with van der Waals surface area (Å²) in [6, 6.07) is 19.0. The molecule has 36 heavy (non-hydrogen) atoms. The lowest BCUT2D eigenvalue weighted by Crippen LogP contribution is -2.45. The highest BCUT2D eigenvalue weighted by molar-refractivity contribution is 6.01. The van der Waals surface area contributed by atoms with Crippen LogP contribution in [0.25, 0.3) is 0 Å². The van der Waals surface area contributed by atoms with Crippen LogP contribution in [0.15, 0.2) is 64.2 Å². The Morgan fingerprint density at radius 1 is 0.972 bits per heavy atom. The summed E-state index contributed by atoms with van der Waals surface area (Å²) in [5.41, 5.74) is 7.34. The lowest BCUT2D eigenvalue weighted by Gasteiger charge is -2.24. The Balaban J connectivity index is 1.57. The highest BCUT2D eigenvalue weighted by atomic mass is 16.2. The molecule has 0 atom stereocenters. The smallest absolute Gasteiger partial charge is 0.332 e. The van der Waals surface area contributed by atoms with Crippen molar-refractivity contribution in [2.24, 2.45) is 0 Å². The van der Waals surface area contributed by atoms with Crippen LogP contribution in [0.1, 0.15) is 34.8 Å². The van der Waals surface area contributed by atoms with E-state index in [1.54, 1.807) is 13.0 Å². The van der Waals surface area contributed by atoms with Crippen molar-refractivity contribution in [3.63, 3.8) is 0 Å². The van der Waals surface area contributed by atoms with Crippen molar-refractivity contribution in [1.29, 1.82) is 5.26 Å². The summed E-state index contributed by atoms with van der Waals surface area (Å²) < 4.78 is 2.37. The molecule has 1 aliphatic rings. The van der Waals surface area contributed by atoms with Gasteiger partial charge in [-0.3, -0.25) is 23.6 Å². The van der Waals surface area contributed by atoms with Gasteiger partial charge < -0.3 is 10.6 Å². The number of benzene rings is 2. The van der Waals surface area contributed by atoms with Crippen LogP contribution in [0, 0.1) is 11.3 Å². The standard InChI is InChI=1S/C27H30N6O3/c1-2-32-26(35)24(25(29)33(27(32)36)18-20-9-4-3-5-10-20)23(34)19-30-13-8-14-31(16-15-30)22-12-7-6-11-21(22)17-28/h3-7,9-12H,2,8,13-16,18-19,29H2,1H3. The van der Waals surface area contributed by atoms with Gasteiger partial charge in [-0.15, -0.1) is 0 Å². The zero-order valence-corrected chi connectivity index (χ0v) is 20.4. The van der Waals surface area contributed by atoms with E-state index in [1.165, 1.54) is 4.57 Å². The molecule has 2 heterocycles. The fourth-order valence-electron chi connectivity index (χ4n) is 4.67. The number of carbonyl (C=O) groups excluding carboxylic acids is 1. The molecule has 0 radical (unpaired) electrons. The quantitative estimate of drug-likeness (QED) is 0.507. The Hall–Kier alpha value is -4.16. The molecule has 0 aliphatic carbocycles. The van der Waals surface area contributed by atoms with Gasteiger partial charge in [-0.1, -0.05) is 42.5 Å². The zero-order valence-electron chi connectivity index (χ0n) is 20.4. The van der Waals surface area contributed by atoms with Crippen LogP contribution in [0.4, 0.5) is 11.5 Å². The minimum atomic E-state index is -0.645. The summed E-state index contributed by atoms with van der Waals surface area (Å²) in [6.07, 6.45) is 0.801. The highest BCUT2D eigenvalue weighted by Crippen LogP contribution is 2.21. The van der Waals surface area contributed by atoms with E-state index in [-0.39, 0.29) is 31.0 Å². The molecule has 0 amide bonds. The Morgan fingerprint density at radius 3 is 2.42 bits per heavy atom. The lowest BCUT2D eigenvalue weighted by molar-refractivity contribution is 0.0933. The van der Waals surface area contributed by atoms with E-state index in [1.807, 2.05) is 53.4 Å². The molecule has 9 nitrogen and oxygen atoms in total. The number of Topliss-reactive ketones (excluding diaryl/α,β-unsaturated/α-hetero) is 1. The second-order valence-corrected chi connectivity index (χ2v) is 8.83. The molecule has 2 aromatic carbocycles. The molecule has 1 aliphatic heterocycles. The van der Waals surface area contributed by atoms with Crippen LogP contribution in [0.5, 0.6) is 0 Å². The Morgan fingerprint density at radius 2 is 1.69 bits per heavy atom. The van der Waals surface area contributed by atoms with Crippen molar-refractivity contribution in [3.05, 3.63) is 92.1 Å². The summed E-state index contributed by atoms with van der Waals surface area (Å²) in [5, 5.41) is 9.45. The van der Waals surface area contributed by atoms with E-state index < -0.39 is 17.0 Å². The summed E-state index contributed by atoms with van der Waals surface area (Å²) in [5.74, 6) is -0.490. The van der Waals surface area contributed by atoms with E-state index in [4.69, 9.17) is 5.73 Å². The molecule has 1 aromatic heterocycles. The molecule has 4 rings (SSSR count). The van der Waals surface area contributed by atoms with Gasteiger partial charge in [0.15, 0.2) is 5.78 Å². The first-order valence-corrected chi connectivity index (χ1v) is 12.1. The molecule has 186 valence electrons. The highest BCUT2D eigenvalue weighted by Gasteiger charge is 2.25. The number of nitrogens with two attached hydrogens (primary N) is 1. The average molecular weight is 487 g/mol. The number of aromatic nitrogens is 2. The first kappa shape index (κ1) is 24.9. The number of rotatable bonds is 7. The number of anilines is 2. The number of hydrogen-bond donors (Lipinski definition) is 1. The molecule has 3 aromatic rings. The number of para-hydroxylation sites is 1. The predicted octanol–water partition coefficient (Wildman–Crippen LogP) is 1.93.